The van der Waals surface area contributed by atoms with Gasteiger partial charge >= 0.3 is 5.97 Å². The van der Waals surface area contributed by atoms with Gasteiger partial charge in [0.2, 0.25) is 0 Å². The Labute approximate surface area is 105 Å². The SMILES string of the molecule is COCCN(CC(=O)O)C(=O)c1cccc(C)n1. The predicted molar refractivity (Wildman–Crippen MR) is 64.4 cm³/mol. The predicted octanol–water partition coefficient (Wildman–Crippen LogP) is 0.563. The molecule has 0 aliphatic rings. The van der Waals surface area contributed by atoms with E-state index < -0.39 is 11.9 Å². The van der Waals surface area contributed by atoms with Crippen molar-refractivity contribution in [2.45, 2.75) is 6.92 Å². The first-order chi connectivity index (χ1) is 8.54. The molecule has 0 fully saturated rings. The van der Waals surface area contributed by atoms with Crippen molar-refractivity contribution in [3.8, 4) is 0 Å². The molecule has 6 nitrogen and oxygen atoms in total. The molecule has 0 spiro atoms. The molecule has 0 bridgehead atoms. The first kappa shape index (κ1) is 14.1. The molecule has 0 aromatic carbocycles. The van der Waals surface area contributed by atoms with Gasteiger partial charge in [-0.2, -0.15) is 0 Å². The van der Waals surface area contributed by atoms with Crippen LogP contribution in [0.5, 0.6) is 0 Å². The van der Waals surface area contributed by atoms with Crippen molar-refractivity contribution in [1.29, 1.82) is 0 Å². The molecule has 6 heteroatoms. The monoisotopic (exact) mass is 252 g/mol. The molecule has 1 N–H and O–H groups in total. The lowest BCUT2D eigenvalue weighted by atomic mass is 10.2. The van der Waals surface area contributed by atoms with Crippen LogP contribution in [0.2, 0.25) is 0 Å². The molecule has 1 rings (SSSR count). The fraction of sp³-hybridized carbons (Fsp3) is 0.417. The van der Waals surface area contributed by atoms with Crippen LogP contribution in [0.4, 0.5) is 0 Å². The van der Waals surface area contributed by atoms with E-state index in [1.807, 2.05) is 0 Å². The lowest BCUT2D eigenvalue weighted by Gasteiger charge is -2.19. The average molecular weight is 252 g/mol. The summed E-state index contributed by atoms with van der Waals surface area (Å²) in [5.74, 6) is -1.47. The van der Waals surface area contributed by atoms with E-state index in [-0.39, 0.29) is 25.4 Å². The van der Waals surface area contributed by atoms with Gasteiger partial charge in [-0.05, 0) is 19.1 Å². The molecule has 1 amide bonds. The van der Waals surface area contributed by atoms with Gasteiger partial charge < -0.3 is 14.7 Å². The van der Waals surface area contributed by atoms with Crippen molar-refractivity contribution in [2.75, 3.05) is 26.8 Å². The largest absolute Gasteiger partial charge is 0.480 e. The van der Waals surface area contributed by atoms with Gasteiger partial charge in [0.05, 0.1) is 6.61 Å². The van der Waals surface area contributed by atoms with Crippen molar-refractivity contribution in [2.24, 2.45) is 0 Å². The second kappa shape index (κ2) is 6.70. The average Bonchev–Trinajstić information content (AvgIpc) is 2.33. The number of rotatable bonds is 6. The first-order valence-corrected chi connectivity index (χ1v) is 5.48. The van der Waals surface area contributed by atoms with E-state index in [0.29, 0.717) is 5.69 Å². The number of carbonyl (C=O) groups excluding carboxylic acids is 1. The molecule has 1 aromatic rings. The highest BCUT2D eigenvalue weighted by Crippen LogP contribution is 2.03. The topological polar surface area (TPSA) is 79.7 Å². The molecule has 98 valence electrons. The summed E-state index contributed by atoms with van der Waals surface area (Å²) in [5, 5.41) is 8.78. The number of methoxy groups -OCH3 is 1. The van der Waals surface area contributed by atoms with E-state index in [1.165, 1.54) is 12.0 Å². The van der Waals surface area contributed by atoms with E-state index in [1.54, 1.807) is 25.1 Å². The molecular weight excluding hydrogens is 236 g/mol. The Kier molecular flexibility index (Phi) is 5.26. The minimum Gasteiger partial charge on any atom is -0.480 e. The molecule has 18 heavy (non-hydrogen) atoms. The number of ether oxygens (including phenoxy) is 1. The van der Waals surface area contributed by atoms with Gasteiger partial charge in [0.1, 0.15) is 12.2 Å². The minimum atomic E-state index is -1.06. The number of carbonyl (C=O) groups is 2. The molecule has 1 heterocycles. The Balaban J connectivity index is 2.83. The number of carboxylic acids is 1. The van der Waals surface area contributed by atoms with Crippen LogP contribution in [0.1, 0.15) is 16.2 Å². The zero-order chi connectivity index (χ0) is 13.5. The smallest absolute Gasteiger partial charge is 0.323 e. The van der Waals surface area contributed by atoms with E-state index in [2.05, 4.69) is 4.98 Å². The third-order valence-corrected chi connectivity index (χ3v) is 2.29. The van der Waals surface area contributed by atoms with Crippen molar-refractivity contribution < 1.29 is 19.4 Å². The molecule has 0 radical (unpaired) electrons. The number of aromatic nitrogens is 1. The van der Waals surface area contributed by atoms with Crippen LogP contribution >= 0.6 is 0 Å². The summed E-state index contributed by atoms with van der Waals surface area (Å²) in [6.07, 6.45) is 0. The van der Waals surface area contributed by atoms with E-state index >= 15 is 0 Å². The third-order valence-electron chi connectivity index (χ3n) is 2.29. The summed E-state index contributed by atoms with van der Waals surface area (Å²) < 4.78 is 4.86. The van der Waals surface area contributed by atoms with Gasteiger partial charge in [-0.1, -0.05) is 6.07 Å². The zero-order valence-electron chi connectivity index (χ0n) is 10.4. The Morgan fingerprint density at radius 3 is 2.72 bits per heavy atom. The lowest BCUT2D eigenvalue weighted by Crippen LogP contribution is -2.38. The van der Waals surface area contributed by atoms with Gasteiger partial charge in [0.25, 0.3) is 5.91 Å². The maximum Gasteiger partial charge on any atom is 0.323 e. The van der Waals surface area contributed by atoms with Crippen LogP contribution in [0.15, 0.2) is 18.2 Å². The summed E-state index contributed by atoms with van der Waals surface area (Å²) in [5.41, 5.74) is 0.954. The minimum absolute atomic E-state index is 0.219. The van der Waals surface area contributed by atoms with Crippen molar-refractivity contribution in [1.82, 2.24) is 9.88 Å². The molecule has 0 aliphatic heterocycles. The third kappa shape index (κ3) is 4.14. The Morgan fingerprint density at radius 2 is 2.17 bits per heavy atom. The van der Waals surface area contributed by atoms with Crippen molar-refractivity contribution in [3.05, 3.63) is 29.6 Å². The number of carboxylic acid groups (broad SMARTS) is 1. The lowest BCUT2D eigenvalue weighted by molar-refractivity contribution is -0.137. The number of aliphatic carboxylic acids is 1. The first-order valence-electron chi connectivity index (χ1n) is 5.48. The van der Waals surface area contributed by atoms with E-state index in [0.717, 1.165) is 0 Å². The van der Waals surface area contributed by atoms with Crippen LogP contribution in [-0.2, 0) is 9.53 Å². The summed E-state index contributed by atoms with van der Waals surface area (Å²) >= 11 is 0. The van der Waals surface area contributed by atoms with Crippen LogP contribution in [0.3, 0.4) is 0 Å². The molecule has 0 aliphatic carbocycles. The standard InChI is InChI=1S/C12H16N2O4/c1-9-4-3-5-10(13-9)12(17)14(6-7-18-2)8-11(15)16/h3-5H,6-8H2,1-2H3,(H,15,16). The highest BCUT2D eigenvalue weighted by Gasteiger charge is 2.19. The van der Waals surface area contributed by atoms with Crippen molar-refractivity contribution >= 4 is 11.9 Å². The number of hydrogen-bond acceptors (Lipinski definition) is 4. The van der Waals surface area contributed by atoms with E-state index in [4.69, 9.17) is 9.84 Å². The van der Waals surface area contributed by atoms with Crippen molar-refractivity contribution in [3.63, 3.8) is 0 Å². The van der Waals surface area contributed by atoms with Crippen LogP contribution < -0.4 is 0 Å². The van der Waals surface area contributed by atoms with Gasteiger partial charge in [0.15, 0.2) is 0 Å². The highest BCUT2D eigenvalue weighted by atomic mass is 16.5. The van der Waals surface area contributed by atoms with E-state index in [9.17, 15) is 9.59 Å². The number of hydrogen-bond donors (Lipinski definition) is 1. The second-order valence-corrected chi connectivity index (χ2v) is 3.78. The maximum absolute atomic E-state index is 12.1. The Bertz CT molecular complexity index is 434. The summed E-state index contributed by atoms with van der Waals surface area (Å²) in [4.78, 5) is 28.1. The summed E-state index contributed by atoms with van der Waals surface area (Å²) in [6.45, 7) is 1.91. The molecule has 0 saturated heterocycles. The number of amides is 1. The van der Waals surface area contributed by atoms with Gasteiger partial charge in [-0.15, -0.1) is 0 Å². The molecule has 0 atom stereocenters. The Hall–Kier alpha value is -1.95. The number of aryl methyl sites for hydroxylation is 1. The van der Waals surface area contributed by atoms with Gasteiger partial charge in [0, 0.05) is 19.3 Å². The Morgan fingerprint density at radius 1 is 1.44 bits per heavy atom. The fourth-order valence-electron chi connectivity index (χ4n) is 1.44. The number of pyridine rings is 1. The summed E-state index contributed by atoms with van der Waals surface area (Å²) in [7, 11) is 1.49. The fourth-order valence-corrected chi connectivity index (χ4v) is 1.44. The van der Waals surface area contributed by atoms with Gasteiger partial charge in [-0.3, -0.25) is 9.59 Å². The molecule has 0 unspecified atom stereocenters. The summed E-state index contributed by atoms with van der Waals surface area (Å²) in [6, 6.07) is 5.05. The maximum atomic E-state index is 12.1. The normalized spacial score (nSPS) is 10.1. The highest BCUT2D eigenvalue weighted by molar-refractivity contribution is 5.94. The number of nitrogens with zero attached hydrogens (tertiary/aromatic N) is 2. The molecule has 1 aromatic heterocycles. The molecule has 0 saturated carbocycles. The van der Waals surface area contributed by atoms with Gasteiger partial charge in [-0.25, -0.2) is 4.98 Å². The van der Waals surface area contributed by atoms with Crippen LogP contribution in [0, 0.1) is 6.92 Å². The zero-order valence-corrected chi connectivity index (χ0v) is 10.4. The van der Waals surface area contributed by atoms with Crippen LogP contribution in [-0.4, -0.2) is 53.7 Å². The van der Waals surface area contributed by atoms with Crippen LogP contribution in [0.25, 0.3) is 0 Å². The molecular formula is C12H16N2O4. The second-order valence-electron chi connectivity index (χ2n) is 3.78. The quantitative estimate of drug-likeness (QED) is 0.800.